The molecule has 0 spiro atoms. The summed E-state index contributed by atoms with van der Waals surface area (Å²) >= 11 is 0. The Morgan fingerprint density at radius 3 is 2.76 bits per heavy atom. The minimum absolute atomic E-state index is 0.0113. The molecule has 6 nitrogen and oxygen atoms in total. The SMILES string of the molecule is CCOc1cc(N2CCC(NC(=O)c3ccccc3C)CC2)ncn1. The van der Waals surface area contributed by atoms with Crippen LogP contribution in [-0.4, -0.2) is 41.6 Å². The van der Waals surface area contributed by atoms with Gasteiger partial charge in [0, 0.05) is 30.8 Å². The third-order valence-corrected chi connectivity index (χ3v) is 4.46. The standard InChI is InChI=1S/C19H24N4O2/c1-3-25-18-12-17(20-13-21-18)23-10-8-15(9-11-23)22-19(24)16-7-5-4-6-14(16)2/h4-7,12-13,15H,3,8-11H2,1-2H3,(H,22,24). The molecule has 0 unspecified atom stereocenters. The highest BCUT2D eigenvalue weighted by atomic mass is 16.5. The summed E-state index contributed by atoms with van der Waals surface area (Å²) in [5.41, 5.74) is 1.75. The highest BCUT2D eigenvalue weighted by Crippen LogP contribution is 2.21. The molecule has 2 aromatic rings. The molecule has 132 valence electrons. The van der Waals surface area contributed by atoms with Crippen LogP contribution in [0.25, 0.3) is 0 Å². The predicted octanol–water partition coefficient (Wildman–Crippen LogP) is 2.58. The van der Waals surface area contributed by atoms with Gasteiger partial charge in [-0.2, -0.15) is 0 Å². The molecule has 0 aliphatic carbocycles. The minimum Gasteiger partial charge on any atom is -0.478 e. The van der Waals surface area contributed by atoms with E-state index in [4.69, 9.17) is 4.74 Å². The summed E-state index contributed by atoms with van der Waals surface area (Å²) in [6.45, 7) is 6.18. The monoisotopic (exact) mass is 340 g/mol. The van der Waals surface area contributed by atoms with E-state index in [9.17, 15) is 4.79 Å². The van der Waals surface area contributed by atoms with Crippen molar-refractivity contribution >= 4 is 11.7 Å². The molecular formula is C19H24N4O2. The van der Waals surface area contributed by atoms with Gasteiger partial charge in [-0.05, 0) is 38.3 Å². The summed E-state index contributed by atoms with van der Waals surface area (Å²) in [6.07, 6.45) is 3.32. The molecule has 1 fully saturated rings. The largest absolute Gasteiger partial charge is 0.478 e. The van der Waals surface area contributed by atoms with E-state index in [2.05, 4.69) is 20.2 Å². The van der Waals surface area contributed by atoms with E-state index in [0.717, 1.165) is 42.9 Å². The van der Waals surface area contributed by atoms with Crippen LogP contribution in [-0.2, 0) is 0 Å². The van der Waals surface area contributed by atoms with Crippen molar-refractivity contribution in [1.29, 1.82) is 0 Å². The topological polar surface area (TPSA) is 67.3 Å². The summed E-state index contributed by atoms with van der Waals surface area (Å²) in [6, 6.07) is 9.74. The Balaban J connectivity index is 1.56. The number of hydrogen-bond acceptors (Lipinski definition) is 5. The number of ether oxygens (including phenoxy) is 1. The molecule has 1 aromatic heterocycles. The number of nitrogens with zero attached hydrogens (tertiary/aromatic N) is 3. The lowest BCUT2D eigenvalue weighted by Crippen LogP contribution is -2.45. The molecule has 1 aliphatic rings. The summed E-state index contributed by atoms with van der Waals surface area (Å²) in [7, 11) is 0. The molecule has 0 radical (unpaired) electrons. The van der Waals surface area contributed by atoms with E-state index in [1.54, 1.807) is 0 Å². The van der Waals surface area contributed by atoms with E-state index in [-0.39, 0.29) is 11.9 Å². The number of rotatable bonds is 5. The quantitative estimate of drug-likeness (QED) is 0.906. The first kappa shape index (κ1) is 17.2. The lowest BCUT2D eigenvalue weighted by atomic mass is 10.0. The zero-order valence-corrected chi connectivity index (χ0v) is 14.7. The number of hydrogen-bond donors (Lipinski definition) is 1. The molecule has 1 N–H and O–H groups in total. The van der Waals surface area contributed by atoms with Gasteiger partial charge in [0.25, 0.3) is 5.91 Å². The molecule has 1 saturated heterocycles. The van der Waals surface area contributed by atoms with E-state index in [1.807, 2.05) is 44.2 Å². The molecule has 0 bridgehead atoms. The number of nitrogens with one attached hydrogen (secondary N) is 1. The predicted molar refractivity (Wildman–Crippen MR) is 97.1 cm³/mol. The number of benzene rings is 1. The second-order valence-corrected chi connectivity index (χ2v) is 6.20. The van der Waals surface area contributed by atoms with Crippen molar-refractivity contribution in [2.75, 3.05) is 24.6 Å². The van der Waals surface area contributed by atoms with Crippen molar-refractivity contribution in [3.63, 3.8) is 0 Å². The number of carbonyl (C=O) groups is 1. The van der Waals surface area contributed by atoms with Crippen LogP contribution in [0.15, 0.2) is 36.7 Å². The van der Waals surface area contributed by atoms with Crippen LogP contribution in [0.2, 0.25) is 0 Å². The maximum absolute atomic E-state index is 12.4. The van der Waals surface area contributed by atoms with Gasteiger partial charge in [0.05, 0.1) is 6.61 Å². The average Bonchev–Trinajstić information content (AvgIpc) is 2.63. The summed E-state index contributed by atoms with van der Waals surface area (Å²) in [4.78, 5) is 23.1. The molecular weight excluding hydrogens is 316 g/mol. The number of carbonyl (C=O) groups excluding carboxylic acids is 1. The lowest BCUT2D eigenvalue weighted by molar-refractivity contribution is 0.0930. The van der Waals surface area contributed by atoms with E-state index >= 15 is 0 Å². The Morgan fingerprint density at radius 2 is 2.04 bits per heavy atom. The highest BCUT2D eigenvalue weighted by molar-refractivity contribution is 5.95. The van der Waals surface area contributed by atoms with E-state index in [1.165, 1.54) is 6.33 Å². The van der Waals surface area contributed by atoms with Crippen LogP contribution in [0.5, 0.6) is 5.88 Å². The Labute approximate surface area is 148 Å². The van der Waals surface area contributed by atoms with Gasteiger partial charge in [0.1, 0.15) is 12.1 Å². The lowest BCUT2D eigenvalue weighted by Gasteiger charge is -2.33. The van der Waals surface area contributed by atoms with Crippen molar-refractivity contribution in [1.82, 2.24) is 15.3 Å². The van der Waals surface area contributed by atoms with Crippen LogP contribution in [0.1, 0.15) is 35.7 Å². The number of aryl methyl sites for hydroxylation is 1. The number of anilines is 1. The number of aromatic nitrogens is 2. The second kappa shape index (κ2) is 7.96. The van der Waals surface area contributed by atoms with Crippen LogP contribution >= 0.6 is 0 Å². The maximum Gasteiger partial charge on any atom is 0.251 e. The van der Waals surface area contributed by atoms with Gasteiger partial charge in [0.15, 0.2) is 0 Å². The first-order valence-corrected chi connectivity index (χ1v) is 8.73. The number of amides is 1. The van der Waals surface area contributed by atoms with Gasteiger partial charge in [0.2, 0.25) is 5.88 Å². The summed E-state index contributed by atoms with van der Waals surface area (Å²) < 4.78 is 5.44. The average molecular weight is 340 g/mol. The van der Waals surface area contributed by atoms with Crippen molar-refractivity contribution in [2.45, 2.75) is 32.7 Å². The van der Waals surface area contributed by atoms with Gasteiger partial charge in [-0.3, -0.25) is 4.79 Å². The summed E-state index contributed by atoms with van der Waals surface area (Å²) in [5.74, 6) is 1.49. The zero-order chi connectivity index (χ0) is 17.6. The molecule has 1 aliphatic heterocycles. The Morgan fingerprint density at radius 1 is 1.28 bits per heavy atom. The highest BCUT2D eigenvalue weighted by Gasteiger charge is 2.22. The van der Waals surface area contributed by atoms with E-state index < -0.39 is 0 Å². The second-order valence-electron chi connectivity index (χ2n) is 6.20. The molecule has 3 rings (SSSR count). The van der Waals surface area contributed by atoms with Gasteiger partial charge in [-0.1, -0.05) is 18.2 Å². The molecule has 25 heavy (non-hydrogen) atoms. The minimum atomic E-state index is 0.0113. The van der Waals surface area contributed by atoms with Crippen molar-refractivity contribution in [2.24, 2.45) is 0 Å². The Hall–Kier alpha value is -2.63. The molecule has 1 aromatic carbocycles. The Kier molecular flexibility index (Phi) is 5.48. The fraction of sp³-hybridized carbons (Fsp3) is 0.421. The van der Waals surface area contributed by atoms with Crippen LogP contribution in [0.4, 0.5) is 5.82 Å². The Bertz CT molecular complexity index is 727. The van der Waals surface area contributed by atoms with Crippen LogP contribution in [0.3, 0.4) is 0 Å². The molecule has 0 saturated carbocycles. The normalized spacial score (nSPS) is 15.0. The molecule has 0 atom stereocenters. The van der Waals surface area contributed by atoms with Gasteiger partial charge in [-0.25, -0.2) is 9.97 Å². The van der Waals surface area contributed by atoms with Gasteiger partial charge in [-0.15, -0.1) is 0 Å². The van der Waals surface area contributed by atoms with Crippen molar-refractivity contribution in [3.05, 3.63) is 47.8 Å². The third kappa shape index (κ3) is 4.26. The van der Waals surface area contributed by atoms with Crippen molar-refractivity contribution in [3.8, 4) is 5.88 Å². The van der Waals surface area contributed by atoms with Crippen LogP contribution < -0.4 is 15.0 Å². The smallest absolute Gasteiger partial charge is 0.251 e. The fourth-order valence-electron chi connectivity index (χ4n) is 3.07. The van der Waals surface area contributed by atoms with E-state index in [0.29, 0.717) is 12.5 Å². The number of piperidine rings is 1. The van der Waals surface area contributed by atoms with Gasteiger partial charge < -0.3 is 15.0 Å². The van der Waals surface area contributed by atoms with Crippen LogP contribution in [0, 0.1) is 6.92 Å². The first-order valence-electron chi connectivity index (χ1n) is 8.73. The van der Waals surface area contributed by atoms with Crippen molar-refractivity contribution < 1.29 is 9.53 Å². The first-order chi connectivity index (χ1) is 12.2. The molecule has 2 heterocycles. The third-order valence-electron chi connectivity index (χ3n) is 4.46. The summed E-state index contributed by atoms with van der Waals surface area (Å²) in [5, 5.41) is 3.16. The zero-order valence-electron chi connectivity index (χ0n) is 14.7. The van der Waals surface area contributed by atoms with Gasteiger partial charge >= 0.3 is 0 Å². The maximum atomic E-state index is 12.4. The molecule has 1 amide bonds. The fourth-order valence-corrected chi connectivity index (χ4v) is 3.07. The molecule has 6 heteroatoms.